The van der Waals surface area contributed by atoms with E-state index in [0.29, 0.717) is 23.2 Å². The van der Waals surface area contributed by atoms with Gasteiger partial charge in [0.2, 0.25) is 5.95 Å². The Bertz CT molecular complexity index is 1000. The van der Waals surface area contributed by atoms with E-state index in [1.54, 1.807) is 12.1 Å². The maximum atomic E-state index is 9.06. The third-order valence-corrected chi connectivity index (χ3v) is 4.28. The zero-order chi connectivity index (χ0) is 19.4. The molecule has 0 spiro atoms. The Hall–Kier alpha value is -3.39. The minimum absolute atomic E-state index is 0.392. The monoisotopic (exact) mass is 357 g/mol. The molecule has 0 bridgehead atoms. The highest BCUT2D eigenvalue weighted by atomic mass is 15.1. The normalized spacial score (nSPS) is 10.5. The number of nitriles is 1. The molecule has 1 aromatic heterocycles. The van der Waals surface area contributed by atoms with E-state index in [1.807, 2.05) is 25.1 Å². The van der Waals surface area contributed by atoms with E-state index in [9.17, 15) is 0 Å². The zero-order valence-corrected chi connectivity index (χ0v) is 16.0. The predicted molar refractivity (Wildman–Crippen MR) is 110 cm³/mol. The molecule has 27 heavy (non-hydrogen) atoms. The van der Waals surface area contributed by atoms with E-state index in [0.717, 1.165) is 22.6 Å². The number of hydrogen-bond acceptors (Lipinski definition) is 5. The van der Waals surface area contributed by atoms with Crippen molar-refractivity contribution in [3.05, 3.63) is 70.9 Å². The summed E-state index contributed by atoms with van der Waals surface area (Å²) in [7, 11) is 0. The first-order valence-corrected chi connectivity index (χ1v) is 8.95. The van der Waals surface area contributed by atoms with Gasteiger partial charge in [0, 0.05) is 23.1 Å². The van der Waals surface area contributed by atoms with Crippen LogP contribution in [0.3, 0.4) is 0 Å². The Morgan fingerprint density at radius 2 is 1.74 bits per heavy atom. The van der Waals surface area contributed by atoms with E-state index >= 15 is 0 Å². The summed E-state index contributed by atoms with van der Waals surface area (Å²) in [4.78, 5) is 9.14. The highest BCUT2D eigenvalue weighted by molar-refractivity contribution is 5.66. The fourth-order valence-electron chi connectivity index (χ4n) is 2.96. The van der Waals surface area contributed by atoms with Crippen molar-refractivity contribution in [2.45, 2.75) is 33.6 Å². The lowest BCUT2D eigenvalue weighted by atomic mass is 9.98. The van der Waals surface area contributed by atoms with E-state index < -0.39 is 0 Å². The van der Waals surface area contributed by atoms with Crippen LogP contribution < -0.4 is 10.6 Å². The van der Waals surface area contributed by atoms with Gasteiger partial charge < -0.3 is 10.6 Å². The van der Waals surface area contributed by atoms with Crippen molar-refractivity contribution in [1.82, 2.24) is 9.97 Å². The molecule has 1 heterocycles. The van der Waals surface area contributed by atoms with Crippen LogP contribution in [-0.4, -0.2) is 9.97 Å². The number of anilines is 4. The predicted octanol–water partition coefficient (Wildman–Crippen LogP) is 5.58. The molecule has 136 valence electrons. The van der Waals surface area contributed by atoms with Gasteiger partial charge in [-0.2, -0.15) is 10.2 Å². The zero-order valence-electron chi connectivity index (χ0n) is 16.0. The average molecular weight is 357 g/mol. The summed E-state index contributed by atoms with van der Waals surface area (Å²) in [6.07, 6.45) is 0. The summed E-state index contributed by atoms with van der Waals surface area (Å²) in [6, 6.07) is 17.6. The van der Waals surface area contributed by atoms with Crippen molar-refractivity contribution in [2.75, 3.05) is 10.6 Å². The molecule has 0 saturated heterocycles. The molecular weight excluding hydrogens is 334 g/mol. The van der Waals surface area contributed by atoms with Gasteiger partial charge >= 0.3 is 0 Å². The molecule has 0 unspecified atom stereocenters. The minimum atomic E-state index is 0.392. The summed E-state index contributed by atoms with van der Waals surface area (Å²) < 4.78 is 0. The lowest BCUT2D eigenvalue weighted by Gasteiger charge is -2.17. The Labute approximate surface area is 160 Å². The summed E-state index contributed by atoms with van der Waals surface area (Å²) in [5.74, 6) is 1.62. The molecule has 0 aliphatic carbocycles. The number of rotatable bonds is 5. The minimum Gasteiger partial charge on any atom is -0.340 e. The largest absolute Gasteiger partial charge is 0.340 e. The first-order chi connectivity index (χ1) is 13.0. The second-order valence-electron chi connectivity index (χ2n) is 6.85. The maximum Gasteiger partial charge on any atom is 0.229 e. The van der Waals surface area contributed by atoms with Crippen molar-refractivity contribution in [3.63, 3.8) is 0 Å². The van der Waals surface area contributed by atoms with Crippen LogP contribution in [0, 0.1) is 25.2 Å². The van der Waals surface area contributed by atoms with Gasteiger partial charge in [-0.05, 0) is 49.1 Å². The lowest BCUT2D eigenvalue weighted by Crippen LogP contribution is -2.06. The standard InChI is InChI=1S/C22H23N5/c1-14(2)19-10-5-7-15(3)21(19)27-22-24-16(4)11-20(26-22)25-18-9-6-8-17(12-18)13-23/h5-12,14H,1-4H3,(H2,24,25,26,27). The van der Waals surface area contributed by atoms with Crippen LogP contribution in [-0.2, 0) is 0 Å². The van der Waals surface area contributed by atoms with Gasteiger partial charge in [-0.15, -0.1) is 0 Å². The van der Waals surface area contributed by atoms with Crippen LogP contribution in [0.4, 0.5) is 23.1 Å². The SMILES string of the molecule is Cc1cc(Nc2cccc(C#N)c2)nc(Nc2c(C)cccc2C(C)C)n1. The van der Waals surface area contributed by atoms with Gasteiger partial charge in [-0.1, -0.05) is 38.1 Å². The Balaban J connectivity index is 1.92. The molecule has 3 aromatic rings. The van der Waals surface area contributed by atoms with Gasteiger partial charge in [0.25, 0.3) is 0 Å². The van der Waals surface area contributed by atoms with Gasteiger partial charge in [-0.3, -0.25) is 0 Å². The molecule has 0 aliphatic heterocycles. The summed E-state index contributed by atoms with van der Waals surface area (Å²) in [5, 5.41) is 15.7. The topological polar surface area (TPSA) is 73.6 Å². The molecule has 2 aromatic carbocycles. The number of aryl methyl sites for hydroxylation is 2. The Kier molecular flexibility index (Phi) is 5.37. The molecule has 2 N–H and O–H groups in total. The number of aromatic nitrogens is 2. The lowest BCUT2D eigenvalue weighted by molar-refractivity contribution is 0.866. The quantitative estimate of drug-likeness (QED) is 0.624. The third-order valence-electron chi connectivity index (χ3n) is 4.28. The smallest absolute Gasteiger partial charge is 0.229 e. The van der Waals surface area contributed by atoms with E-state index in [2.05, 4.69) is 65.6 Å². The number of hydrogen-bond donors (Lipinski definition) is 2. The molecule has 0 fully saturated rings. The van der Waals surface area contributed by atoms with Crippen LogP contribution in [0.2, 0.25) is 0 Å². The van der Waals surface area contributed by atoms with Crippen molar-refractivity contribution < 1.29 is 0 Å². The number of nitrogens with zero attached hydrogens (tertiary/aromatic N) is 3. The van der Waals surface area contributed by atoms with Gasteiger partial charge in [0.1, 0.15) is 5.82 Å². The molecule has 3 rings (SSSR count). The summed E-state index contributed by atoms with van der Waals surface area (Å²) in [6.45, 7) is 8.36. The van der Waals surface area contributed by atoms with Crippen molar-refractivity contribution in [2.24, 2.45) is 0 Å². The van der Waals surface area contributed by atoms with Crippen molar-refractivity contribution in [3.8, 4) is 6.07 Å². The van der Waals surface area contributed by atoms with E-state index in [4.69, 9.17) is 5.26 Å². The molecule has 0 aliphatic rings. The Morgan fingerprint density at radius 1 is 0.963 bits per heavy atom. The molecule has 5 nitrogen and oxygen atoms in total. The number of para-hydroxylation sites is 1. The molecule has 0 amide bonds. The van der Waals surface area contributed by atoms with Gasteiger partial charge in [0.05, 0.1) is 11.6 Å². The fraction of sp³-hybridized carbons (Fsp3) is 0.227. The van der Waals surface area contributed by atoms with Crippen LogP contribution in [0.15, 0.2) is 48.5 Å². The fourth-order valence-corrected chi connectivity index (χ4v) is 2.96. The molecular formula is C22H23N5. The first-order valence-electron chi connectivity index (χ1n) is 8.95. The Morgan fingerprint density at radius 3 is 2.48 bits per heavy atom. The van der Waals surface area contributed by atoms with E-state index in [-0.39, 0.29) is 0 Å². The molecule has 0 radical (unpaired) electrons. The summed E-state index contributed by atoms with van der Waals surface area (Å²) >= 11 is 0. The molecule has 0 atom stereocenters. The van der Waals surface area contributed by atoms with Crippen LogP contribution in [0.25, 0.3) is 0 Å². The number of nitrogens with one attached hydrogen (secondary N) is 2. The average Bonchev–Trinajstić information content (AvgIpc) is 2.63. The summed E-state index contributed by atoms with van der Waals surface area (Å²) in [5.41, 5.74) is 5.71. The van der Waals surface area contributed by atoms with Gasteiger partial charge in [-0.25, -0.2) is 4.98 Å². The van der Waals surface area contributed by atoms with Crippen LogP contribution in [0.1, 0.15) is 42.1 Å². The molecule has 0 saturated carbocycles. The molecule has 5 heteroatoms. The van der Waals surface area contributed by atoms with Crippen molar-refractivity contribution in [1.29, 1.82) is 5.26 Å². The van der Waals surface area contributed by atoms with Crippen LogP contribution in [0.5, 0.6) is 0 Å². The highest BCUT2D eigenvalue weighted by Crippen LogP contribution is 2.29. The maximum absolute atomic E-state index is 9.06. The van der Waals surface area contributed by atoms with Gasteiger partial charge in [0.15, 0.2) is 0 Å². The highest BCUT2D eigenvalue weighted by Gasteiger charge is 2.11. The first kappa shape index (κ1) is 18.4. The van der Waals surface area contributed by atoms with Crippen LogP contribution >= 0.6 is 0 Å². The van der Waals surface area contributed by atoms with E-state index in [1.165, 1.54) is 5.56 Å². The van der Waals surface area contributed by atoms with Crippen molar-refractivity contribution >= 4 is 23.1 Å². The second-order valence-corrected chi connectivity index (χ2v) is 6.85. The third kappa shape index (κ3) is 4.42. The second kappa shape index (κ2) is 7.88. The number of benzene rings is 2.